The molecule has 38 heavy (non-hydrogen) atoms. The highest BCUT2D eigenvalue weighted by Crippen LogP contribution is 2.43. The normalized spacial score (nSPS) is 16.5. The summed E-state index contributed by atoms with van der Waals surface area (Å²) >= 11 is 6.09. The summed E-state index contributed by atoms with van der Waals surface area (Å²) in [7, 11) is 1.95. The standard InChI is InChI=1S/C30H33ClN4O3/c1-20-19-28(35(21(2)36)25-16-12-23(31)13-17-25)26-7-4-5-8-27(26)34(20)30(38)22-10-14-24(15-11-22)33(3)18-6-9-29(32)37/h4-5,7-8,10-17,20,28H,6,9,18-19H2,1-3H3,(H2,32,37)/t20-,28+/m0/s1. The molecule has 0 saturated heterocycles. The number of halogens is 1. The number of carbonyl (C=O) groups excluding carboxylic acids is 3. The highest BCUT2D eigenvalue weighted by Gasteiger charge is 2.38. The van der Waals surface area contributed by atoms with Crippen LogP contribution in [0, 0.1) is 0 Å². The molecule has 0 aliphatic carbocycles. The molecule has 2 atom stereocenters. The molecule has 3 aromatic carbocycles. The van der Waals surface area contributed by atoms with Crippen molar-refractivity contribution in [1.29, 1.82) is 0 Å². The second kappa shape index (κ2) is 11.7. The predicted octanol–water partition coefficient (Wildman–Crippen LogP) is 5.57. The lowest BCUT2D eigenvalue weighted by atomic mass is 9.89. The van der Waals surface area contributed by atoms with Gasteiger partial charge in [0.2, 0.25) is 11.8 Å². The van der Waals surface area contributed by atoms with Gasteiger partial charge >= 0.3 is 0 Å². The third-order valence-corrected chi connectivity index (χ3v) is 7.26. The second-order valence-electron chi connectivity index (χ2n) is 9.74. The van der Waals surface area contributed by atoms with Gasteiger partial charge in [-0.05, 0) is 79.9 Å². The van der Waals surface area contributed by atoms with Crippen LogP contribution < -0.4 is 20.4 Å². The van der Waals surface area contributed by atoms with E-state index in [0.29, 0.717) is 36.4 Å². The Hall–Kier alpha value is -3.84. The summed E-state index contributed by atoms with van der Waals surface area (Å²) in [6.07, 6.45) is 1.60. The first-order chi connectivity index (χ1) is 18.2. The SMILES string of the molecule is CC(=O)N(c1ccc(Cl)cc1)[C@@H]1C[C@H](C)N(C(=O)c2ccc(N(C)CCCC(N)=O)cc2)c2ccccc21. The van der Waals surface area contributed by atoms with Crippen LogP contribution in [0.2, 0.25) is 5.02 Å². The van der Waals surface area contributed by atoms with E-state index in [1.165, 1.54) is 0 Å². The lowest BCUT2D eigenvalue weighted by molar-refractivity contribution is -0.118. The Kier molecular flexibility index (Phi) is 8.37. The fourth-order valence-electron chi connectivity index (χ4n) is 5.14. The molecular formula is C30H33ClN4O3. The zero-order valence-corrected chi connectivity index (χ0v) is 22.7. The topological polar surface area (TPSA) is 87.0 Å². The molecule has 0 radical (unpaired) electrons. The van der Waals surface area contributed by atoms with E-state index in [4.69, 9.17) is 17.3 Å². The molecule has 1 heterocycles. The molecule has 8 heteroatoms. The van der Waals surface area contributed by atoms with Crippen LogP contribution in [-0.2, 0) is 9.59 Å². The third-order valence-electron chi connectivity index (χ3n) is 7.01. The summed E-state index contributed by atoms with van der Waals surface area (Å²) in [6, 6.07) is 22.2. The van der Waals surface area contributed by atoms with Gasteiger partial charge in [0, 0.05) is 60.6 Å². The van der Waals surface area contributed by atoms with Crippen LogP contribution in [0.5, 0.6) is 0 Å². The lowest BCUT2D eigenvalue weighted by Gasteiger charge is -2.43. The van der Waals surface area contributed by atoms with Gasteiger partial charge in [-0.3, -0.25) is 14.4 Å². The van der Waals surface area contributed by atoms with Crippen molar-refractivity contribution in [2.24, 2.45) is 5.73 Å². The molecule has 0 fully saturated rings. The second-order valence-corrected chi connectivity index (χ2v) is 10.2. The molecule has 0 bridgehead atoms. The number of rotatable bonds is 8. The summed E-state index contributed by atoms with van der Waals surface area (Å²) < 4.78 is 0. The number of para-hydroxylation sites is 1. The van der Waals surface area contributed by atoms with E-state index in [2.05, 4.69) is 0 Å². The van der Waals surface area contributed by atoms with E-state index in [-0.39, 0.29) is 29.8 Å². The van der Waals surface area contributed by atoms with Gasteiger partial charge in [-0.25, -0.2) is 0 Å². The van der Waals surface area contributed by atoms with Crippen LogP contribution in [0.1, 0.15) is 55.1 Å². The molecule has 0 aromatic heterocycles. The average molecular weight is 533 g/mol. The fourth-order valence-corrected chi connectivity index (χ4v) is 5.26. The number of amides is 3. The molecule has 7 nitrogen and oxygen atoms in total. The van der Waals surface area contributed by atoms with Crippen molar-refractivity contribution in [3.63, 3.8) is 0 Å². The van der Waals surface area contributed by atoms with Crippen LogP contribution in [0.4, 0.5) is 17.1 Å². The maximum absolute atomic E-state index is 13.8. The maximum atomic E-state index is 13.8. The largest absolute Gasteiger partial charge is 0.375 e. The number of benzene rings is 3. The van der Waals surface area contributed by atoms with Crippen LogP contribution >= 0.6 is 11.6 Å². The number of anilines is 3. The van der Waals surface area contributed by atoms with Crippen molar-refractivity contribution in [3.05, 3.63) is 88.9 Å². The summed E-state index contributed by atoms with van der Waals surface area (Å²) in [6.45, 7) is 4.27. The Bertz CT molecular complexity index is 1310. The first-order valence-corrected chi connectivity index (χ1v) is 13.1. The van der Waals surface area contributed by atoms with E-state index in [1.807, 2.05) is 84.4 Å². The number of carbonyl (C=O) groups is 3. The Morgan fingerprint density at radius 3 is 2.24 bits per heavy atom. The van der Waals surface area contributed by atoms with Crippen LogP contribution in [0.25, 0.3) is 0 Å². The molecule has 198 valence electrons. The summed E-state index contributed by atoms with van der Waals surface area (Å²) in [5, 5.41) is 0.606. The minimum absolute atomic E-state index is 0.0744. The predicted molar refractivity (Wildman–Crippen MR) is 153 cm³/mol. The lowest BCUT2D eigenvalue weighted by Crippen LogP contribution is -2.47. The molecule has 1 aliphatic rings. The highest BCUT2D eigenvalue weighted by atomic mass is 35.5. The van der Waals surface area contributed by atoms with Crippen molar-refractivity contribution < 1.29 is 14.4 Å². The van der Waals surface area contributed by atoms with Crippen molar-refractivity contribution >= 4 is 46.4 Å². The van der Waals surface area contributed by atoms with Gasteiger partial charge in [0.15, 0.2) is 0 Å². The van der Waals surface area contributed by atoms with Gasteiger partial charge in [-0.2, -0.15) is 0 Å². The molecule has 0 spiro atoms. The van der Waals surface area contributed by atoms with Gasteiger partial charge in [0.1, 0.15) is 0 Å². The smallest absolute Gasteiger partial charge is 0.258 e. The number of nitrogens with two attached hydrogens (primary N) is 1. The number of hydrogen-bond acceptors (Lipinski definition) is 4. The molecule has 2 N–H and O–H groups in total. The monoisotopic (exact) mass is 532 g/mol. The number of fused-ring (bicyclic) bond motifs is 1. The Morgan fingerprint density at radius 1 is 0.974 bits per heavy atom. The minimum atomic E-state index is -0.308. The maximum Gasteiger partial charge on any atom is 0.258 e. The summed E-state index contributed by atoms with van der Waals surface area (Å²) in [5.41, 5.74) is 9.27. The third kappa shape index (κ3) is 5.83. The van der Waals surface area contributed by atoms with Gasteiger partial charge in [0.05, 0.1) is 6.04 Å². The molecule has 0 unspecified atom stereocenters. The van der Waals surface area contributed by atoms with Crippen molar-refractivity contribution in [2.75, 3.05) is 28.3 Å². The van der Waals surface area contributed by atoms with Gasteiger partial charge in [-0.15, -0.1) is 0 Å². The Morgan fingerprint density at radius 2 is 1.61 bits per heavy atom. The molecule has 3 amide bonds. The van der Waals surface area contributed by atoms with Crippen molar-refractivity contribution in [2.45, 2.75) is 45.2 Å². The van der Waals surface area contributed by atoms with Gasteiger partial charge in [0.25, 0.3) is 5.91 Å². The number of primary amides is 1. The van der Waals surface area contributed by atoms with Crippen molar-refractivity contribution in [3.8, 4) is 0 Å². The first-order valence-electron chi connectivity index (χ1n) is 12.7. The number of hydrogen-bond donors (Lipinski definition) is 1. The molecule has 0 saturated carbocycles. The molecular weight excluding hydrogens is 500 g/mol. The van der Waals surface area contributed by atoms with E-state index in [0.717, 1.165) is 22.6 Å². The van der Waals surface area contributed by atoms with E-state index < -0.39 is 0 Å². The van der Waals surface area contributed by atoms with Gasteiger partial charge < -0.3 is 20.4 Å². The fraction of sp³-hybridized carbons (Fsp3) is 0.300. The Labute approximate surface area is 228 Å². The zero-order chi connectivity index (χ0) is 27.4. The van der Waals surface area contributed by atoms with E-state index in [9.17, 15) is 14.4 Å². The minimum Gasteiger partial charge on any atom is -0.375 e. The first kappa shape index (κ1) is 27.2. The van der Waals surface area contributed by atoms with Crippen molar-refractivity contribution in [1.82, 2.24) is 0 Å². The Balaban J connectivity index is 1.60. The highest BCUT2D eigenvalue weighted by molar-refractivity contribution is 6.30. The zero-order valence-electron chi connectivity index (χ0n) is 21.9. The van der Waals surface area contributed by atoms with Crippen LogP contribution in [0.3, 0.4) is 0 Å². The molecule has 4 rings (SSSR count). The van der Waals surface area contributed by atoms with Crippen LogP contribution in [0.15, 0.2) is 72.8 Å². The quantitative estimate of drug-likeness (QED) is 0.410. The van der Waals surface area contributed by atoms with E-state index >= 15 is 0 Å². The molecule has 1 aliphatic heterocycles. The summed E-state index contributed by atoms with van der Waals surface area (Å²) in [4.78, 5) is 43.3. The van der Waals surface area contributed by atoms with E-state index in [1.54, 1.807) is 24.0 Å². The van der Waals surface area contributed by atoms with Crippen LogP contribution in [-0.4, -0.2) is 37.4 Å². The average Bonchev–Trinajstić information content (AvgIpc) is 2.89. The number of nitrogens with zero attached hydrogens (tertiary/aromatic N) is 3. The summed E-state index contributed by atoms with van der Waals surface area (Å²) in [5.74, 6) is -0.473. The molecule has 3 aromatic rings. The van der Waals surface area contributed by atoms with Gasteiger partial charge in [-0.1, -0.05) is 29.8 Å².